The smallest absolute Gasteiger partial charge is 0.159 e. The zero-order valence-electron chi connectivity index (χ0n) is 77.1. The number of amidine groups is 2. The molecule has 0 aliphatic carbocycles. The molecule has 3 aromatic heterocycles. The third kappa shape index (κ3) is 15.2. The Hall–Kier alpha value is -18.6. The Morgan fingerprint density at radius 3 is 0.794 bits per heavy atom. The predicted octanol–water partition coefficient (Wildman–Crippen LogP) is 35.4. The molecule has 141 heavy (non-hydrogen) atoms. The van der Waals surface area contributed by atoms with Gasteiger partial charge in [-0.1, -0.05) is 400 Å². The number of fused-ring (bicyclic) bond motifs is 21. The Morgan fingerprint density at radius 1 is 0.149 bits per heavy atom. The number of nitrogens with one attached hydrogen (secondary N) is 1. The van der Waals surface area contributed by atoms with Crippen molar-refractivity contribution < 1.29 is 0 Å². The summed E-state index contributed by atoms with van der Waals surface area (Å²) in [5, 5.41) is 26.6. The standard InChI is InChI=1S/C48H31N3.C45H31N3.C42H28/c1-3-13-34(14-4-1)49-43-20-10-7-17-37(43)40-29-32(23-26-46(40)49)33-24-27-47-41(30-33)38-18-8-12-22-45(38)51(47)36-25-28-48-42(31-36)39-19-9-11-21-44(39)50(48)35-15-5-2-6-16-35;1-3-13-30(14-4-1)43-46-44(31-15-5-2-6-16-31)48-45(47-43)36-20-12-19-34(28-36)32-17-11-18-33(27-32)35-25-26-41-39-23-8-7-21-37(39)38-22-9-10-24-40(38)42(41)29-35;1-3-12-29(13-4-1)34-25-35(30-14-5-2-6-15-30)27-36(26-34)32-17-11-16-31(24-32)33-22-23-41-39-20-8-7-18-37(39)38-19-9-10-21-40(38)42(41)28-33/h1-31H;1-29,43H,(H,46,47,48);1-28H. The van der Waals surface area contributed by atoms with Gasteiger partial charge in [-0.15, -0.1) is 0 Å². The lowest BCUT2D eigenvalue weighted by atomic mass is 9.90. The summed E-state index contributed by atoms with van der Waals surface area (Å²) >= 11 is 0. The second kappa shape index (κ2) is 35.6. The van der Waals surface area contributed by atoms with Gasteiger partial charge in [0.05, 0.1) is 33.1 Å². The summed E-state index contributed by atoms with van der Waals surface area (Å²) in [7, 11) is 0. The highest BCUT2D eigenvalue weighted by Gasteiger charge is 2.25. The number of aliphatic imine (C=N–C) groups is 2. The molecule has 1 atom stereocenters. The number of hydrogen-bond acceptors (Lipinski definition) is 3. The van der Waals surface area contributed by atoms with Crippen molar-refractivity contribution in [2.45, 2.75) is 6.17 Å². The van der Waals surface area contributed by atoms with Gasteiger partial charge in [-0.2, -0.15) is 0 Å². The van der Waals surface area contributed by atoms with E-state index in [1.807, 2.05) is 36.4 Å². The average molecular weight is 1800 g/mol. The second-order valence-electron chi connectivity index (χ2n) is 36.6. The van der Waals surface area contributed by atoms with Crippen molar-refractivity contribution >= 4 is 142 Å². The van der Waals surface area contributed by atoms with Gasteiger partial charge in [0.25, 0.3) is 0 Å². The van der Waals surface area contributed by atoms with Crippen molar-refractivity contribution in [2.75, 3.05) is 0 Å². The first-order valence-corrected chi connectivity index (χ1v) is 48.4. The topological polar surface area (TPSA) is 51.5 Å². The van der Waals surface area contributed by atoms with Crippen molar-refractivity contribution in [1.29, 1.82) is 0 Å². The Labute approximate surface area is 816 Å². The number of para-hydroxylation sites is 5. The first-order chi connectivity index (χ1) is 69.9. The summed E-state index contributed by atoms with van der Waals surface area (Å²) in [6.07, 6.45) is -0.234. The maximum absolute atomic E-state index is 5.09. The molecule has 6 heteroatoms. The largest absolute Gasteiger partial charge is 0.344 e. The Bertz CT molecular complexity index is 9500. The van der Waals surface area contributed by atoms with E-state index in [2.05, 4.69) is 516 Å². The van der Waals surface area contributed by atoms with Crippen LogP contribution in [0.5, 0.6) is 0 Å². The van der Waals surface area contributed by atoms with Crippen molar-refractivity contribution in [3.8, 4) is 95.0 Å². The Morgan fingerprint density at radius 2 is 0.397 bits per heavy atom. The highest BCUT2D eigenvalue weighted by Crippen LogP contribution is 2.46. The van der Waals surface area contributed by atoms with E-state index in [0.717, 1.165) is 39.3 Å². The monoisotopic (exact) mass is 1790 g/mol. The fraction of sp³-hybridized carbons (Fsp3) is 0.00741. The fourth-order valence-corrected chi connectivity index (χ4v) is 21.7. The van der Waals surface area contributed by atoms with E-state index in [-0.39, 0.29) is 6.17 Å². The molecule has 0 fully saturated rings. The van der Waals surface area contributed by atoms with Crippen LogP contribution in [0.2, 0.25) is 0 Å². The van der Waals surface area contributed by atoms with Crippen LogP contribution in [0.25, 0.3) is 225 Å². The predicted molar refractivity (Wildman–Crippen MR) is 597 cm³/mol. The van der Waals surface area contributed by atoms with Crippen LogP contribution in [0.1, 0.15) is 22.9 Å². The summed E-state index contributed by atoms with van der Waals surface area (Å²) in [6.45, 7) is 0. The number of hydrogen-bond donors (Lipinski definition) is 1. The zero-order chi connectivity index (χ0) is 93.2. The highest BCUT2D eigenvalue weighted by molar-refractivity contribution is 6.28. The molecule has 0 spiro atoms. The van der Waals surface area contributed by atoms with Crippen LogP contribution >= 0.6 is 0 Å². The summed E-state index contributed by atoms with van der Waals surface area (Å²) in [4.78, 5) is 10.1. The lowest BCUT2D eigenvalue weighted by molar-refractivity contribution is 0.674. The summed E-state index contributed by atoms with van der Waals surface area (Å²) in [5.74, 6) is 1.53. The third-order valence-corrected chi connectivity index (χ3v) is 28.3. The number of rotatable bonds is 13. The number of aromatic nitrogens is 3. The maximum Gasteiger partial charge on any atom is 0.159 e. The number of benzene rings is 24. The highest BCUT2D eigenvalue weighted by atomic mass is 15.2. The molecule has 24 aromatic carbocycles. The van der Waals surface area contributed by atoms with E-state index in [1.165, 1.54) is 208 Å². The van der Waals surface area contributed by atoms with Gasteiger partial charge in [0.2, 0.25) is 0 Å². The maximum atomic E-state index is 5.09. The summed E-state index contributed by atoms with van der Waals surface area (Å²) in [5.41, 5.74) is 30.7. The SMILES string of the molecule is c1ccc(-c2cc(-c3ccccc3)cc(-c3cccc(-c4ccc5c6ccccc6c6ccccc6c5c4)c3)c2)cc1.c1ccc(-n2c3ccccc3c3cc(-c4ccc5c(c4)c4ccccc4n5-c4ccc5c(c4)c4ccccc4n5-c4ccccc4)ccc32)cc1.c1ccc(C2=NC(c3cccc(-c4cccc(-c5ccc6c7ccccc7c7ccccc7c6c5)c4)c3)=NC(c3ccccc3)N2)cc1. The third-order valence-electron chi connectivity index (χ3n) is 28.3. The van der Waals surface area contributed by atoms with Crippen molar-refractivity contribution in [3.05, 3.63) is 551 Å². The molecule has 1 aliphatic rings. The first kappa shape index (κ1) is 83.0. The molecule has 4 heterocycles. The zero-order valence-corrected chi connectivity index (χ0v) is 77.1. The molecule has 27 aromatic rings. The van der Waals surface area contributed by atoms with Crippen LogP contribution in [-0.4, -0.2) is 25.4 Å². The van der Waals surface area contributed by atoms with Gasteiger partial charge < -0.3 is 19.0 Å². The van der Waals surface area contributed by atoms with Gasteiger partial charge in [0.15, 0.2) is 5.84 Å². The van der Waals surface area contributed by atoms with Crippen molar-refractivity contribution in [1.82, 2.24) is 19.0 Å². The Kier molecular flexibility index (Phi) is 20.9. The molecule has 0 bridgehead atoms. The molecule has 0 radical (unpaired) electrons. The summed E-state index contributed by atoms with van der Waals surface area (Å²) < 4.78 is 7.18. The normalized spacial score (nSPS) is 12.6. The lowest BCUT2D eigenvalue weighted by Gasteiger charge is -2.23. The summed E-state index contributed by atoms with van der Waals surface area (Å²) in [6, 6.07) is 193. The van der Waals surface area contributed by atoms with Crippen molar-refractivity contribution in [2.24, 2.45) is 9.98 Å². The second-order valence-corrected chi connectivity index (χ2v) is 36.6. The minimum Gasteiger partial charge on any atom is -0.344 e. The molecule has 660 valence electrons. The Balaban J connectivity index is 0.000000109. The van der Waals surface area contributed by atoms with E-state index < -0.39 is 0 Å². The van der Waals surface area contributed by atoms with Gasteiger partial charge in [0.1, 0.15) is 12.0 Å². The molecule has 1 unspecified atom stereocenters. The molecule has 6 nitrogen and oxygen atoms in total. The molecule has 1 aliphatic heterocycles. The van der Waals surface area contributed by atoms with Gasteiger partial charge in [0, 0.05) is 60.5 Å². The molecule has 28 rings (SSSR count). The van der Waals surface area contributed by atoms with E-state index in [9.17, 15) is 0 Å². The minimum absolute atomic E-state index is 0.234. The van der Waals surface area contributed by atoms with E-state index in [0.29, 0.717) is 5.84 Å². The van der Waals surface area contributed by atoms with Crippen LogP contribution in [0, 0.1) is 0 Å². The van der Waals surface area contributed by atoms with Crippen LogP contribution in [0.15, 0.2) is 544 Å². The van der Waals surface area contributed by atoms with Crippen LogP contribution < -0.4 is 5.32 Å². The minimum atomic E-state index is -0.234. The van der Waals surface area contributed by atoms with Gasteiger partial charge >= 0.3 is 0 Å². The quantitative estimate of drug-likeness (QED) is 0.115. The van der Waals surface area contributed by atoms with Crippen LogP contribution in [0.3, 0.4) is 0 Å². The van der Waals surface area contributed by atoms with Crippen LogP contribution in [0.4, 0.5) is 0 Å². The van der Waals surface area contributed by atoms with E-state index >= 15 is 0 Å². The van der Waals surface area contributed by atoms with E-state index in [4.69, 9.17) is 9.98 Å². The molecule has 1 N–H and O–H groups in total. The van der Waals surface area contributed by atoms with Gasteiger partial charge in [-0.05, 0) is 282 Å². The van der Waals surface area contributed by atoms with Gasteiger partial charge in [-0.25, -0.2) is 9.98 Å². The molecular weight excluding hydrogens is 1710 g/mol. The average Bonchev–Trinajstić information content (AvgIpc) is 1.64. The lowest BCUT2D eigenvalue weighted by Crippen LogP contribution is -2.33. The molecule has 0 saturated carbocycles. The van der Waals surface area contributed by atoms with Crippen LogP contribution in [-0.2, 0) is 0 Å². The molecule has 0 saturated heterocycles. The molecular formula is C135H90N6. The van der Waals surface area contributed by atoms with Crippen molar-refractivity contribution in [3.63, 3.8) is 0 Å². The fourth-order valence-electron chi connectivity index (χ4n) is 21.7. The molecule has 0 amide bonds. The van der Waals surface area contributed by atoms with Gasteiger partial charge in [-0.3, -0.25) is 0 Å². The number of nitrogens with zero attached hydrogens (tertiary/aromatic N) is 5. The first-order valence-electron chi connectivity index (χ1n) is 48.4. The van der Waals surface area contributed by atoms with E-state index in [1.54, 1.807) is 0 Å².